The maximum atomic E-state index is 13.5. The normalized spacial score (nSPS) is 17.2. The fourth-order valence-electron chi connectivity index (χ4n) is 5.18. The first-order valence-corrected chi connectivity index (χ1v) is 15.6. The summed E-state index contributed by atoms with van der Waals surface area (Å²) in [6.45, 7) is 2.10. The Morgan fingerprint density at radius 1 is 1.05 bits per heavy atom. The molecule has 8 N–H and O–H groups in total. The van der Waals surface area contributed by atoms with E-state index < -0.39 is 57.5 Å². The summed E-state index contributed by atoms with van der Waals surface area (Å²) in [5, 5.41) is 35.3. The second-order valence-electron chi connectivity index (χ2n) is 10.9. The molecule has 0 radical (unpaired) electrons. The lowest BCUT2D eigenvalue weighted by atomic mass is 9.76. The number of nitrogens with two attached hydrogens (primary N) is 1. The summed E-state index contributed by atoms with van der Waals surface area (Å²) in [6, 6.07) is 5.13. The van der Waals surface area contributed by atoms with E-state index in [1.54, 1.807) is 0 Å². The molecule has 1 fully saturated rings. The first-order chi connectivity index (χ1) is 18.8. The zero-order valence-corrected chi connectivity index (χ0v) is 24.1. The number of benzene rings is 1. The molecule has 2 amide bonds. The molecule has 1 aliphatic carbocycles. The van der Waals surface area contributed by atoms with E-state index >= 15 is 0 Å². The van der Waals surface area contributed by atoms with Crippen molar-refractivity contribution in [2.75, 3.05) is 19.3 Å². The van der Waals surface area contributed by atoms with E-state index in [9.17, 15) is 38.1 Å². The molecule has 1 saturated carbocycles. The third-order valence-corrected chi connectivity index (χ3v) is 8.15. The van der Waals surface area contributed by atoms with Crippen LogP contribution < -0.4 is 21.1 Å². The minimum absolute atomic E-state index is 0.00496. The van der Waals surface area contributed by atoms with Gasteiger partial charge in [-0.1, -0.05) is 49.1 Å². The maximum Gasteiger partial charge on any atom is 0.326 e. The SMILES string of the molecule is Cc1ccc(C[C@H](NC(=O)C2(C[C@@H](CNC(=O)C(CCCCN)NS(C)(=O)=O)C(O)O)CCCC2)C(=O)O)cc1. The summed E-state index contributed by atoms with van der Waals surface area (Å²) >= 11 is 0. The first-order valence-electron chi connectivity index (χ1n) is 13.7. The maximum absolute atomic E-state index is 13.5. The van der Waals surface area contributed by atoms with Crippen molar-refractivity contribution in [3.63, 3.8) is 0 Å². The van der Waals surface area contributed by atoms with Crippen LogP contribution in [0.25, 0.3) is 0 Å². The summed E-state index contributed by atoms with van der Waals surface area (Å²) in [6.07, 6.45) is 2.81. The molecule has 13 heteroatoms. The Labute approximate surface area is 236 Å². The number of rotatable bonds is 17. The van der Waals surface area contributed by atoms with Crippen LogP contribution in [-0.2, 0) is 30.8 Å². The number of nitrogens with one attached hydrogen (secondary N) is 3. The van der Waals surface area contributed by atoms with Crippen molar-refractivity contribution in [2.24, 2.45) is 17.1 Å². The molecule has 1 aromatic rings. The highest BCUT2D eigenvalue weighted by Crippen LogP contribution is 2.44. The number of carboxylic acid groups (broad SMARTS) is 1. The van der Waals surface area contributed by atoms with E-state index in [1.807, 2.05) is 31.2 Å². The lowest BCUT2D eigenvalue weighted by molar-refractivity contribution is -0.145. The predicted molar refractivity (Wildman–Crippen MR) is 149 cm³/mol. The molecule has 0 saturated heterocycles. The van der Waals surface area contributed by atoms with Gasteiger partial charge < -0.3 is 31.7 Å². The van der Waals surface area contributed by atoms with Gasteiger partial charge in [0, 0.05) is 24.3 Å². The summed E-state index contributed by atoms with van der Waals surface area (Å²) in [5.74, 6) is -3.22. The van der Waals surface area contributed by atoms with E-state index in [1.165, 1.54) is 0 Å². The Kier molecular flexibility index (Phi) is 13.0. The Morgan fingerprint density at radius 2 is 1.68 bits per heavy atom. The Hall–Kier alpha value is -2.58. The first kappa shape index (κ1) is 33.6. The number of amides is 2. The number of sulfonamides is 1. The molecule has 226 valence electrons. The molecule has 0 bridgehead atoms. The van der Waals surface area contributed by atoms with Gasteiger partial charge in [-0.15, -0.1) is 0 Å². The highest BCUT2D eigenvalue weighted by atomic mass is 32.2. The molecule has 1 aliphatic rings. The van der Waals surface area contributed by atoms with Gasteiger partial charge in [0.15, 0.2) is 6.29 Å². The lowest BCUT2D eigenvalue weighted by Crippen LogP contribution is -2.51. The van der Waals surface area contributed by atoms with Gasteiger partial charge in [-0.05, 0) is 51.1 Å². The standard InChI is InChI=1S/C27H44N4O8S/c1-18-8-10-19(11-9-18)15-22(25(35)36)30-26(37)27(12-4-5-13-27)16-20(24(33)34)17-29-23(32)21(7-3-6-14-28)31-40(2,38)39/h8-11,20-22,24,31,33-34H,3-7,12-17,28H2,1-2H3,(H,29,32)(H,30,37)(H,35,36)/t20-,21?,22-/m0/s1. The van der Waals surface area contributed by atoms with Crippen molar-refractivity contribution < 1.29 is 38.1 Å². The van der Waals surface area contributed by atoms with E-state index in [2.05, 4.69) is 15.4 Å². The molecule has 12 nitrogen and oxygen atoms in total. The van der Waals surface area contributed by atoms with Gasteiger partial charge in [0.05, 0.1) is 6.26 Å². The Bertz CT molecular complexity index is 1090. The molecule has 0 heterocycles. The monoisotopic (exact) mass is 584 g/mol. The number of aliphatic hydroxyl groups is 2. The molecular weight excluding hydrogens is 540 g/mol. The second kappa shape index (κ2) is 15.4. The molecular formula is C27H44N4O8S. The third-order valence-electron chi connectivity index (χ3n) is 7.44. The molecule has 0 aliphatic heterocycles. The van der Waals surface area contributed by atoms with Crippen LogP contribution in [0, 0.1) is 18.3 Å². The van der Waals surface area contributed by atoms with Gasteiger partial charge in [0.2, 0.25) is 21.8 Å². The van der Waals surface area contributed by atoms with Crippen molar-refractivity contribution in [1.29, 1.82) is 0 Å². The molecule has 0 spiro atoms. The van der Waals surface area contributed by atoms with E-state index in [0.29, 0.717) is 45.1 Å². The van der Waals surface area contributed by atoms with Crippen molar-refractivity contribution >= 4 is 27.8 Å². The van der Waals surface area contributed by atoms with Gasteiger partial charge in [0.25, 0.3) is 0 Å². The Balaban J connectivity index is 2.13. The smallest absolute Gasteiger partial charge is 0.326 e. The quantitative estimate of drug-likeness (QED) is 0.0980. The number of hydrogen-bond donors (Lipinski definition) is 7. The topological polar surface area (TPSA) is 208 Å². The zero-order chi connectivity index (χ0) is 29.9. The molecule has 1 aromatic carbocycles. The molecule has 3 atom stereocenters. The number of aliphatic hydroxyl groups excluding tert-OH is 1. The van der Waals surface area contributed by atoms with Crippen molar-refractivity contribution in [1.82, 2.24) is 15.4 Å². The van der Waals surface area contributed by atoms with Crippen molar-refractivity contribution in [3.05, 3.63) is 35.4 Å². The van der Waals surface area contributed by atoms with Gasteiger partial charge in [-0.25, -0.2) is 17.9 Å². The summed E-state index contributed by atoms with van der Waals surface area (Å²) in [4.78, 5) is 38.3. The molecule has 1 unspecified atom stereocenters. The number of carbonyl (C=O) groups is 3. The zero-order valence-electron chi connectivity index (χ0n) is 23.3. The fourth-order valence-corrected chi connectivity index (χ4v) is 5.92. The summed E-state index contributed by atoms with van der Waals surface area (Å²) < 4.78 is 25.8. The van der Waals surface area contributed by atoms with E-state index in [-0.39, 0.29) is 25.8 Å². The van der Waals surface area contributed by atoms with Crippen LogP contribution in [0.1, 0.15) is 62.5 Å². The largest absolute Gasteiger partial charge is 0.480 e. The van der Waals surface area contributed by atoms with Gasteiger partial charge in [-0.3, -0.25) is 9.59 Å². The molecule has 40 heavy (non-hydrogen) atoms. The number of carboxylic acids is 1. The average molecular weight is 585 g/mol. The molecule has 0 aromatic heterocycles. The highest BCUT2D eigenvalue weighted by molar-refractivity contribution is 7.88. The third kappa shape index (κ3) is 10.8. The lowest BCUT2D eigenvalue weighted by Gasteiger charge is -2.34. The van der Waals surface area contributed by atoms with Crippen LogP contribution in [0.3, 0.4) is 0 Å². The van der Waals surface area contributed by atoms with Gasteiger partial charge >= 0.3 is 5.97 Å². The minimum atomic E-state index is -3.69. The van der Waals surface area contributed by atoms with Crippen molar-refractivity contribution in [3.8, 4) is 0 Å². The van der Waals surface area contributed by atoms with Crippen LogP contribution in [-0.4, -0.2) is 79.2 Å². The number of aliphatic carboxylic acids is 1. The Morgan fingerprint density at radius 3 is 2.20 bits per heavy atom. The van der Waals surface area contributed by atoms with E-state index in [4.69, 9.17) is 5.73 Å². The number of aryl methyl sites for hydroxylation is 1. The number of unbranched alkanes of at least 4 members (excludes halogenated alkanes) is 1. The number of hydrogen-bond acceptors (Lipinski definition) is 8. The average Bonchev–Trinajstić information content (AvgIpc) is 3.35. The predicted octanol–water partition coefficient (Wildman–Crippen LogP) is 0.147. The second-order valence-corrected chi connectivity index (χ2v) is 12.7. The summed E-state index contributed by atoms with van der Waals surface area (Å²) in [7, 11) is -3.69. The highest BCUT2D eigenvalue weighted by Gasteiger charge is 2.45. The number of carbonyl (C=O) groups excluding carboxylic acids is 2. The van der Waals surface area contributed by atoms with Crippen LogP contribution >= 0.6 is 0 Å². The van der Waals surface area contributed by atoms with Crippen LogP contribution in [0.5, 0.6) is 0 Å². The minimum Gasteiger partial charge on any atom is -0.480 e. The molecule has 2 rings (SSSR count). The van der Waals surface area contributed by atoms with E-state index in [0.717, 1.165) is 17.4 Å². The van der Waals surface area contributed by atoms with Crippen LogP contribution in [0.15, 0.2) is 24.3 Å². The van der Waals surface area contributed by atoms with Gasteiger partial charge in [0.1, 0.15) is 12.1 Å². The fraction of sp³-hybridized carbons (Fsp3) is 0.667. The van der Waals surface area contributed by atoms with Crippen LogP contribution in [0.4, 0.5) is 0 Å². The van der Waals surface area contributed by atoms with Gasteiger partial charge in [-0.2, -0.15) is 0 Å². The van der Waals surface area contributed by atoms with Crippen molar-refractivity contribution in [2.45, 2.75) is 83.1 Å². The summed E-state index contributed by atoms with van der Waals surface area (Å²) in [5.41, 5.74) is 6.24. The van der Waals surface area contributed by atoms with Crippen LogP contribution in [0.2, 0.25) is 0 Å².